The summed E-state index contributed by atoms with van der Waals surface area (Å²) < 4.78 is 2.06. The van der Waals surface area contributed by atoms with Crippen LogP contribution in [-0.4, -0.2) is 21.8 Å². The van der Waals surface area contributed by atoms with Crippen molar-refractivity contribution in [3.8, 4) is 11.3 Å². The Morgan fingerprint density at radius 2 is 2.00 bits per heavy atom. The predicted molar refractivity (Wildman–Crippen MR) is 114 cm³/mol. The Hall–Kier alpha value is -2.92. The average Bonchev–Trinajstić information content (AvgIpc) is 3.30. The van der Waals surface area contributed by atoms with E-state index >= 15 is 0 Å². The summed E-state index contributed by atoms with van der Waals surface area (Å²) in [5, 5.41) is 2.05. The zero-order valence-corrected chi connectivity index (χ0v) is 16.6. The van der Waals surface area contributed by atoms with Gasteiger partial charge in [0.05, 0.1) is 12.1 Å². The fourth-order valence-corrected chi connectivity index (χ4v) is 4.92. The smallest absolute Gasteiger partial charge is 0.232 e. The van der Waals surface area contributed by atoms with Gasteiger partial charge >= 0.3 is 0 Å². The van der Waals surface area contributed by atoms with Crippen LogP contribution in [0, 0.1) is 6.92 Å². The highest BCUT2D eigenvalue weighted by atomic mass is 32.1. The quantitative estimate of drug-likeness (QED) is 0.502. The van der Waals surface area contributed by atoms with Gasteiger partial charge in [-0.2, -0.15) is 0 Å². The molecule has 1 amide bonds. The molecule has 1 aliphatic rings. The highest BCUT2D eigenvalue weighted by molar-refractivity contribution is 7.15. The second-order valence-corrected chi connectivity index (χ2v) is 8.12. The number of anilines is 1. The number of aromatic nitrogens is 2. The van der Waals surface area contributed by atoms with Crippen molar-refractivity contribution in [2.45, 2.75) is 26.2 Å². The van der Waals surface area contributed by atoms with Gasteiger partial charge in [-0.3, -0.25) is 9.20 Å². The summed E-state index contributed by atoms with van der Waals surface area (Å²) in [6.45, 7) is 2.89. The van der Waals surface area contributed by atoms with E-state index in [1.807, 2.05) is 29.3 Å². The minimum Gasteiger partial charge on any atom is -0.312 e. The van der Waals surface area contributed by atoms with Gasteiger partial charge < -0.3 is 4.90 Å². The van der Waals surface area contributed by atoms with Crippen LogP contribution in [0.25, 0.3) is 16.2 Å². The van der Waals surface area contributed by atoms with E-state index in [1.165, 1.54) is 11.1 Å². The van der Waals surface area contributed by atoms with Crippen molar-refractivity contribution in [3.05, 3.63) is 76.9 Å². The number of aryl methyl sites for hydroxylation is 2. The number of imidazole rings is 1. The number of para-hydroxylation sites is 1. The first-order valence-corrected chi connectivity index (χ1v) is 10.5. The third-order valence-corrected chi connectivity index (χ3v) is 6.29. The van der Waals surface area contributed by atoms with Crippen LogP contribution < -0.4 is 4.90 Å². The van der Waals surface area contributed by atoms with Gasteiger partial charge in [0.25, 0.3) is 0 Å². The molecule has 0 spiro atoms. The molecule has 140 valence electrons. The summed E-state index contributed by atoms with van der Waals surface area (Å²) in [6, 6.07) is 16.5. The molecule has 4 nitrogen and oxygen atoms in total. The molecule has 28 heavy (non-hydrogen) atoms. The summed E-state index contributed by atoms with van der Waals surface area (Å²) >= 11 is 1.59. The molecule has 0 bridgehead atoms. The second-order valence-electron chi connectivity index (χ2n) is 7.28. The number of nitrogens with zero attached hydrogens (tertiary/aromatic N) is 3. The predicted octanol–water partition coefficient (Wildman–Crippen LogP) is 4.89. The average molecular weight is 388 g/mol. The van der Waals surface area contributed by atoms with Gasteiger partial charge in [0, 0.05) is 35.1 Å². The highest BCUT2D eigenvalue weighted by Crippen LogP contribution is 2.31. The van der Waals surface area contributed by atoms with E-state index in [1.54, 1.807) is 11.3 Å². The Morgan fingerprint density at radius 3 is 2.86 bits per heavy atom. The van der Waals surface area contributed by atoms with E-state index in [0.717, 1.165) is 47.0 Å². The van der Waals surface area contributed by atoms with Gasteiger partial charge in [0.1, 0.15) is 0 Å². The van der Waals surface area contributed by atoms with Gasteiger partial charge in [-0.1, -0.05) is 48.5 Å². The van der Waals surface area contributed by atoms with E-state index in [2.05, 4.69) is 47.0 Å². The van der Waals surface area contributed by atoms with Crippen LogP contribution in [0.2, 0.25) is 0 Å². The molecule has 5 rings (SSSR count). The maximum Gasteiger partial charge on any atom is 0.232 e. The van der Waals surface area contributed by atoms with E-state index in [4.69, 9.17) is 4.98 Å². The molecule has 0 aliphatic carbocycles. The number of fused-ring (bicyclic) bond motifs is 2. The van der Waals surface area contributed by atoms with E-state index < -0.39 is 0 Å². The molecule has 0 saturated heterocycles. The van der Waals surface area contributed by atoms with Crippen molar-refractivity contribution in [2.24, 2.45) is 0 Å². The zero-order chi connectivity index (χ0) is 19.1. The molecule has 0 N–H and O–H groups in total. The minimum atomic E-state index is 0.157. The first-order chi connectivity index (χ1) is 13.7. The van der Waals surface area contributed by atoms with Gasteiger partial charge in [-0.05, 0) is 30.9 Å². The van der Waals surface area contributed by atoms with Crippen LogP contribution in [-0.2, 0) is 17.6 Å². The summed E-state index contributed by atoms with van der Waals surface area (Å²) in [5.41, 5.74) is 6.61. The highest BCUT2D eigenvalue weighted by Gasteiger charge is 2.25. The molecule has 2 aromatic heterocycles. The molecular formula is C23H21N3OS. The normalized spacial score (nSPS) is 13.7. The van der Waals surface area contributed by atoms with Crippen molar-refractivity contribution in [2.75, 3.05) is 11.4 Å². The molecule has 2 aromatic carbocycles. The first-order valence-electron chi connectivity index (χ1n) is 9.60. The largest absolute Gasteiger partial charge is 0.312 e. The van der Waals surface area contributed by atoms with Crippen LogP contribution >= 0.6 is 11.3 Å². The fourth-order valence-electron chi connectivity index (χ4n) is 4.05. The minimum absolute atomic E-state index is 0.157. The molecular weight excluding hydrogens is 366 g/mol. The van der Waals surface area contributed by atoms with Crippen molar-refractivity contribution in [3.63, 3.8) is 0 Å². The lowest BCUT2D eigenvalue weighted by Gasteiger charge is -2.31. The van der Waals surface area contributed by atoms with E-state index in [-0.39, 0.29) is 5.91 Å². The fraction of sp³-hybridized carbons (Fsp3) is 0.217. The van der Waals surface area contributed by atoms with Crippen molar-refractivity contribution >= 4 is 27.9 Å². The zero-order valence-electron chi connectivity index (χ0n) is 15.8. The molecule has 4 aromatic rings. The van der Waals surface area contributed by atoms with E-state index in [0.29, 0.717) is 6.42 Å². The Balaban J connectivity index is 1.45. The number of carbonyl (C=O) groups is 1. The maximum absolute atomic E-state index is 13.2. The number of thiazole rings is 1. The summed E-state index contributed by atoms with van der Waals surface area (Å²) in [5.74, 6) is 0.157. The van der Waals surface area contributed by atoms with Crippen LogP contribution in [0.5, 0.6) is 0 Å². The molecule has 0 saturated carbocycles. The lowest BCUT2D eigenvalue weighted by molar-refractivity contribution is -0.118. The van der Waals surface area contributed by atoms with Gasteiger partial charge in [0.2, 0.25) is 5.91 Å². The molecule has 0 fully saturated rings. The molecule has 0 atom stereocenters. The molecule has 0 radical (unpaired) electrons. The monoisotopic (exact) mass is 387 g/mol. The van der Waals surface area contributed by atoms with Gasteiger partial charge in [0.15, 0.2) is 4.96 Å². The number of rotatable bonds is 3. The number of carbonyl (C=O) groups excluding carboxylic acids is 1. The van der Waals surface area contributed by atoms with Gasteiger partial charge in [-0.15, -0.1) is 11.3 Å². The molecule has 3 heterocycles. The van der Waals surface area contributed by atoms with Crippen LogP contribution in [0.3, 0.4) is 0 Å². The van der Waals surface area contributed by atoms with Crippen LogP contribution in [0.1, 0.15) is 23.2 Å². The number of hydrogen-bond acceptors (Lipinski definition) is 3. The summed E-state index contributed by atoms with van der Waals surface area (Å²) in [6.07, 6.45) is 4.49. The standard InChI is InChI=1S/C23H21N3OS/c1-16-7-5-10-18-11-6-12-25(22(16)18)21(27)13-19-15-28-23-24-20(14-26(19)23)17-8-3-2-4-9-17/h2-5,7-10,14-15H,6,11-13H2,1H3. The summed E-state index contributed by atoms with van der Waals surface area (Å²) in [7, 11) is 0. The van der Waals surface area contributed by atoms with E-state index in [9.17, 15) is 4.79 Å². The Labute approximate surface area is 168 Å². The number of hydrogen-bond donors (Lipinski definition) is 0. The Kier molecular flexibility index (Phi) is 4.24. The summed E-state index contributed by atoms with van der Waals surface area (Å²) in [4.78, 5) is 20.8. The third kappa shape index (κ3) is 2.92. The number of benzene rings is 2. The second kappa shape index (κ2) is 6.91. The Morgan fingerprint density at radius 1 is 1.14 bits per heavy atom. The van der Waals surface area contributed by atoms with Crippen LogP contribution in [0.15, 0.2) is 60.1 Å². The lowest BCUT2D eigenvalue weighted by Crippen LogP contribution is -2.37. The molecule has 1 aliphatic heterocycles. The van der Waals surface area contributed by atoms with Crippen molar-refractivity contribution in [1.82, 2.24) is 9.38 Å². The van der Waals surface area contributed by atoms with Crippen molar-refractivity contribution < 1.29 is 4.79 Å². The van der Waals surface area contributed by atoms with Gasteiger partial charge in [-0.25, -0.2) is 4.98 Å². The number of amides is 1. The molecule has 5 heteroatoms. The first kappa shape index (κ1) is 17.2. The molecule has 0 unspecified atom stereocenters. The third-order valence-electron chi connectivity index (χ3n) is 5.41. The lowest BCUT2D eigenvalue weighted by atomic mass is 9.98. The van der Waals surface area contributed by atoms with Crippen LogP contribution in [0.4, 0.5) is 5.69 Å². The maximum atomic E-state index is 13.2. The SMILES string of the molecule is Cc1cccc2c1N(C(=O)Cc1csc3nc(-c4ccccc4)cn13)CCC2. The topological polar surface area (TPSA) is 37.6 Å². The van der Waals surface area contributed by atoms with Crippen molar-refractivity contribution in [1.29, 1.82) is 0 Å². The Bertz CT molecular complexity index is 1160.